The van der Waals surface area contributed by atoms with E-state index in [4.69, 9.17) is 11.0 Å². The third-order valence-electron chi connectivity index (χ3n) is 3.15. The maximum atomic E-state index is 8.78. The summed E-state index contributed by atoms with van der Waals surface area (Å²) in [6.45, 7) is 0. The molecule has 1 aliphatic rings. The fourth-order valence-electron chi connectivity index (χ4n) is 2.24. The van der Waals surface area contributed by atoms with Crippen molar-refractivity contribution in [3.05, 3.63) is 23.8 Å². The molecule has 0 saturated heterocycles. The molecule has 0 bridgehead atoms. The first-order valence-corrected chi connectivity index (χ1v) is 5.86. The predicted octanol–water partition coefficient (Wildman–Crippen LogP) is 2.89. The van der Waals surface area contributed by atoms with Crippen LogP contribution in [0.4, 0.5) is 11.4 Å². The van der Waals surface area contributed by atoms with Crippen molar-refractivity contribution in [3.8, 4) is 6.07 Å². The van der Waals surface area contributed by atoms with Crippen molar-refractivity contribution in [2.24, 2.45) is 0 Å². The van der Waals surface area contributed by atoms with Gasteiger partial charge in [-0.3, -0.25) is 0 Å². The van der Waals surface area contributed by atoms with Crippen molar-refractivity contribution < 1.29 is 0 Å². The monoisotopic (exact) mass is 215 g/mol. The Balaban J connectivity index is 2.04. The van der Waals surface area contributed by atoms with Crippen LogP contribution in [-0.4, -0.2) is 6.04 Å². The Bertz CT molecular complexity index is 400. The molecule has 0 radical (unpaired) electrons. The summed E-state index contributed by atoms with van der Waals surface area (Å²) in [5, 5.41) is 12.3. The minimum Gasteiger partial charge on any atom is -0.398 e. The molecule has 0 atom stereocenters. The average molecular weight is 215 g/mol. The Morgan fingerprint density at radius 1 is 1.25 bits per heavy atom. The smallest absolute Gasteiger partial charge is 0.101 e. The van der Waals surface area contributed by atoms with Gasteiger partial charge in [0.1, 0.15) is 6.07 Å². The molecule has 1 aromatic carbocycles. The minimum absolute atomic E-state index is 0.550. The predicted molar refractivity (Wildman–Crippen MR) is 66.1 cm³/mol. The number of nitrogens with two attached hydrogens (primary N) is 1. The molecule has 1 aromatic rings. The van der Waals surface area contributed by atoms with Crippen LogP contribution in [0.15, 0.2) is 18.2 Å². The van der Waals surface area contributed by atoms with Gasteiger partial charge in [0.05, 0.1) is 11.3 Å². The molecule has 0 unspecified atom stereocenters. The number of hydrogen-bond donors (Lipinski definition) is 2. The van der Waals surface area contributed by atoms with Crippen LogP contribution in [0.2, 0.25) is 0 Å². The molecule has 84 valence electrons. The summed E-state index contributed by atoms with van der Waals surface area (Å²) < 4.78 is 0. The first kappa shape index (κ1) is 10.8. The molecule has 1 fully saturated rings. The number of rotatable bonds is 2. The molecular weight excluding hydrogens is 198 g/mol. The Morgan fingerprint density at radius 3 is 2.62 bits per heavy atom. The molecule has 0 spiro atoms. The van der Waals surface area contributed by atoms with Crippen LogP contribution < -0.4 is 11.1 Å². The Hall–Kier alpha value is -1.69. The van der Waals surface area contributed by atoms with E-state index in [1.165, 1.54) is 32.1 Å². The van der Waals surface area contributed by atoms with Crippen LogP contribution in [0.25, 0.3) is 0 Å². The third kappa shape index (κ3) is 2.46. The van der Waals surface area contributed by atoms with Gasteiger partial charge in [-0.2, -0.15) is 5.26 Å². The minimum atomic E-state index is 0.550. The molecule has 3 nitrogen and oxygen atoms in total. The van der Waals surface area contributed by atoms with E-state index in [9.17, 15) is 0 Å². The van der Waals surface area contributed by atoms with Crippen molar-refractivity contribution in [1.29, 1.82) is 5.26 Å². The molecule has 16 heavy (non-hydrogen) atoms. The summed E-state index contributed by atoms with van der Waals surface area (Å²) in [5.41, 5.74) is 7.91. The molecule has 3 N–H and O–H groups in total. The molecule has 1 saturated carbocycles. The number of anilines is 2. The molecule has 0 aliphatic heterocycles. The highest BCUT2D eigenvalue weighted by Gasteiger charge is 2.13. The SMILES string of the molecule is N#Cc1ccc(NC2CCCCC2)cc1N. The Kier molecular flexibility index (Phi) is 3.31. The molecule has 0 heterocycles. The summed E-state index contributed by atoms with van der Waals surface area (Å²) in [6.07, 6.45) is 6.44. The lowest BCUT2D eigenvalue weighted by molar-refractivity contribution is 0.463. The fraction of sp³-hybridized carbons (Fsp3) is 0.462. The van der Waals surface area contributed by atoms with E-state index in [0.29, 0.717) is 17.3 Å². The van der Waals surface area contributed by atoms with Gasteiger partial charge in [-0.1, -0.05) is 19.3 Å². The second kappa shape index (κ2) is 4.89. The van der Waals surface area contributed by atoms with Gasteiger partial charge >= 0.3 is 0 Å². The zero-order chi connectivity index (χ0) is 11.4. The number of hydrogen-bond acceptors (Lipinski definition) is 3. The van der Waals surface area contributed by atoms with Crippen LogP contribution >= 0.6 is 0 Å². The maximum Gasteiger partial charge on any atom is 0.101 e. The largest absolute Gasteiger partial charge is 0.398 e. The van der Waals surface area contributed by atoms with Gasteiger partial charge in [0, 0.05) is 11.7 Å². The van der Waals surface area contributed by atoms with Crippen molar-refractivity contribution in [2.45, 2.75) is 38.1 Å². The first-order chi connectivity index (χ1) is 7.79. The Labute approximate surface area is 96.3 Å². The van der Waals surface area contributed by atoms with Gasteiger partial charge in [-0.25, -0.2) is 0 Å². The van der Waals surface area contributed by atoms with Crippen LogP contribution in [0.3, 0.4) is 0 Å². The van der Waals surface area contributed by atoms with Gasteiger partial charge in [0.25, 0.3) is 0 Å². The molecular formula is C13H17N3. The fourth-order valence-corrected chi connectivity index (χ4v) is 2.24. The highest BCUT2D eigenvalue weighted by molar-refractivity contribution is 5.62. The normalized spacial score (nSPS) is 16.7. The first-order valence-electron chi connectivity index (χ1n) is 5.86. The van der Waals surface area contributed by atoms with Crippen molar-refractivity contribution >= 4 is 11.4 Å². The number of nitrogen functional groups attached to an aromatic ring is 1. The van der Waals surface area contributed by atoms with Crippen LogP contribution in [0.5, 0.6) is 0 Å². The van der Waals surface area contributed by atoms with E-state index in [1.54, 1.807) is 6.07 Å². The van der Waals surface area contributed by atoms with Gasteiger partial charge in [0.15, 0.2) is 0 Å². The molecule has 0 aromatic heterocycles. The number of nitrogens with zero attached hydrogens (tertiary/aromatic N) is 1. The molecule has 2 rings (SSSR count). The van der Waals surface area contributed by atoms with Crippen LogP contribution in [-0.2, 0) is 0 Å². The van der Waals surface area contributed by atoms with Crippen molar-refractivity contribution in [2.75, 3.05) is 11.1 Å². The summed E-state index contributed by atoms with van der Waals surface area (Å²) >= 11 is 0. The number of benzene rings is 1. The second-order valence-corrected chi connectivity index (χ2v) is 4.39. The summed E-state index contributed by atoms with van der Waals surface area (Å²) in [4.78, 5) is 0. The van der Waals surface area contributed by atoms with Gasteiger partial charge in [0.2, 0.25) is 0 Å². The van der Waals surface area contributed by atoms with Gasteiger partial charge in [-0.15, -0.1) is 0 Å². The van der Waals surface area contributed by atoms with E-state index in [0.717, 1.165) is 5.69 Å². The quantitative estimate of drug-likeness (QED) is 0.746. The average Bonchev–Trinajstić information content (AvgIpc) is 2.31. The second-order valence-electron chi connectivity index (χ2n) is 4.39. The van der Waals surface area contributed by atoms with Gasteiger partial charge < -0.3 is 11.1 Å². The Morgan fingerprint density at radius 2 is 2.00 bits per heavy atom. The zero-order valence-corrected chi connectivity index (χ0v) is 9.37. The standard InChI is InChI=1S/C13H17N3/c14-9-10-6-7-12(8-13(10)15)16-11-4-2-1-3-5-11/h6-8,11,16H,1-5,15H2. The highest BCUT2D eigenvalue weighted by atomic mass is 14.9. The summed E-state index contributed by atoms with van der Waals surface area (Å²) in [5.74, 6) is 0. The molecule has 3 heteroatoms. The lowest BCUT2D eigenvalue weighted by Crippen LogP contribution is -2.22. The maximum absolute atomic E-state index is 8.78. The van der Waals surface area contributed by atoms with Crippen LogP contribution in [0, 0.1) is 11.3 Å². The van der Waals surface area contributed by atoms with E-state index >= 15 is 0 Å². The van der Waals surface area contributed by atoms with E-state index in [2.05, 4.69) is 11.4 Å². The van der Waals surface area contributed by atoms with Crippen LogP contribution in [0.1, 0.15) is 37.7 Å². The van der Waals surface area contributed by atoms with Crippen molar-refractivity contribution in [1.82, 2.24) is 0 Å². The summed E-state index contributed by atoms with van der Waals surface area (Å²) in [7, 11) is 0. The van der Waals surface area contributed by atoms with E-state index in [1.807, 2.05) is 12.1 Å². The van der Waals surface area contributed by atoms with E-state index in [-0.39, 0.29) is 0 Å². The van der Waals surface area contributed by atoms with Crippen molar-refractivity contribution in [3.63, 3.8) is 0 Å². The van der Waals surface area contributed by atoms with Gasteiger partial charge in [-0.05, 0) is 31.0 Å². The highest BCUT2D eigenvalue weighted by Crippen LogP contribution is 2.23. The molecule has 1 aliphatic carbocycles. The molecule has 0 amide bonds. The third-order valence-corrected chi connectivity index (χ3v) is 3.15. The van der Waals surface area contributed by atoms with E-state index < -0.39 is 0 Å². The topological polar surface area (TPSA) is 61.8 Å². The lowest BCUT2D eigenvalue weighted by atomic mass is 9.95. The zero-order valence-electron chi connectivity index (χ0n) is 9.37. The summed E-state index contributed by atoms with van der Waals surface area (Å²) in [6, 6.07) is 8.21. The number of nitriles is 1. The number of nitrogens with one attached hydrogen (secondary N) is 1. The lowest BCUT2D eigenvalue weighted by Gasteiger charge is -2.24.